The third-order valence-corrected chi connectivity index (χ3v) is 5.07. The fourth-order valence-corrected chi connectivity index (χ4v) is 3.48. The van der Waals surface area contributed by atoms with Crippen molar-refractivity contribution in [2.45, 2.75) is 24.9 Å². The van der Waals surface area contributed by atoms with Crippen LogP contribution in [0.1, 0.15) is 19.8 Å². The molecule has 0 saturated carbocycles. The summed E-state index contributed by atoms with van der Waals surface area (Å²) in [5.41, 5.74) is 0.459. The molecule has 0 spiro atoms. The molecule has 1 N–H and O–H groups in total. The average Bonchev–Trinajstić information content (AvgIpc) is 3.02. The van der Waals surface area contributed by atoms with Crippen LogP contribution >= 0.6 is 35.0 Å². The Bertz CT molecular complexity index is 801. The normalized spacial score (nSPS) is 10.7. The molecule has 1 heterocycles. The SMILES string of the molecule is CCCN(CC(=O)Nc1ccc(Cl)cc1Cl)C(=O)CCSc1nnnn1C. The number of aryl methyl sites for hydroxylation is 1. The van der Waals surface area contributed by atoms with Crippen LogP contribution in [-0.4, -0.2) is 55.8 Å². The first-order valence-electron chi connectivity index (χ1n) is 8.28. The number of halogens is 2. The Morgan fingerprint density at radius 2 is 2.11 bits per heavy atom. The fourth-order valence-electron chi connectivity index (χ4n) is 2.25. The average molecular weight is 431 g/mol. The number of benzene rings is 1. The Labute approximate surface area is 171 Å². The molecule has 0 aliphatic heterocycles. The molecule has 0 saturated heterocycles. The molecule has 11 heteroatoms. The minimum absolute atomic E-state index is 0.0399. The van der Waals surface area contributed by atoms with Gasteiger partial charge in [0.2, 0.25) is 17.0 Å². The summed E-state index contributed by atoms with van der Waals surface area (Å²) < 4.78 is 1.54. The molecule has 2 rings (SSSR count). The first kappa shape index (κ1) is 21.5. The number of nitrogens with zero attached hydrogens (tertiary/aromatic N) is 5. The van der Waals surface area contributed by atoms with Gasteiger partial charge in [0, 0.05) is 30.8 Å². The largest absolute Gasteiger partial charge is 0.333 e. The Morgan fingerprint density at radius 1 is 1.33 bits per heavy atom. The summed E-state index contributed by atoms with van der Waals surface area (Å²) in [6.45, 7) is 2.41. The van der Waals surface area contributed by atoms with Gasteiger partial charge in [0.15, 0.2) is 0 Å². The predicted octanol–water partition coefficient (Wildman–Crippen LogP) is 2.88. The van der Waals surface area contributed by atoms with Gasteiger partial charge in [-0.2, -0.15) is 0 Å². The van der Waals surface area contributed by atoms with Gasteiger partial charge in [-0.3, -0.25) is 9.59 Å². The molecule has 1 aromatic heterocycles. The molecule has 2 aromatic rings. The topological polar surface area (TPSA) is 93.0 Å². The van der Waals surface area contributed by atoms with Crippen LogP contribution in [0.2, 0.25) is 10.0 Å². The minimum Gasteiger partial charge on any atom is -0.333 e. The van der Waals surface area contributed by atoms with Crippen LogP contribution in [0.4, 0.5) is 5.69 Å². The molecule has 1 aromatic carbocycles. The maximum atomic E-state index is 12.5. The van der Waals surface area contributed by atoms with Gasteiger partial charge in [0.1, 0.15) is 0 Å². The number of aromatic nitrogens is 4. The minimum atomic E-state index is -0.314. The van der Waals surface area contributed by atoms with Crippen molar-refractivity contribution in [3.63, 3.8) is 0 Å². The van der Waals surface area contributed by atoms with E-state index in [4.69, 9.17) is 23.2 Å². The number of rotatable bonds is 9. The van der Waals surface area contributed by atoms with E-state index >= 15 is 0 Å². The second kappa shape index (κ2) is 10.5. The molecule has 8 nitrogen and oxygen atoms in total. The van der Waals surface area contributed by atoms with E-state index in [1.807, 2.05) is 6.92 Å². The third-order valence-electron chi connectivity index (χ3n) is 3.51. The lowest BCUT2D eigenvalue weighted by atomic mass is 10.3. The summed E-state index contributed by atoms with van der Waals surface area (Å²) in [6, 6.07) is 4.81. The zero-order valence-corrected chi connectivity index (χ0v) is 17.3. The Balaban J connectivity index is 1.88. The van der Waals surface area contributed by atoms with E-state index in [1.54, 1.807) is 29.9 Å². The zero-order valence-electron chi connectivity index (χ0n) is 15.0. The molecule has 0 unspecified atom stereocenters. The highest BCUT2D eigenvalue weighted by atomic mass is 35.5. The third kappa shape index (κ3) is 6.67. The zero-order chi connectivity index (χ0) is 19.8. The molecule has 0 bridgehead atoms. The number of amides is 2. The van der Waals surface area contributed by atoms with Crippen molar-refractivity contribution in [3.8, 4) is 0 Å². The number of tetrazole rings is 1. The molecule has 2 amide bonds. The molecular weight excluding hydrogens is 411 g/mol. The standard InChI is InChI=1S/C16H20Cl2N6O2S/c1-3-7-24(15(26)6-8-27-16-20-21-22-23(16)2)10-14(25)19-13-5-4-11(17)9-12(13)18/h4-5,9H,3,6-8,10H2,1-2H3,(H,19,25). The van der Waals surface area contributed by atoms with Crippen LogP contribution in [0.5, 0.6) is 0 Å². The summed E-state index contributed by atoms with van der Waals surface area (Å²) in [5.74, 6) is 0.112. The molecule has 0 aliphatic carbocycles. The second-order valence-electron chi connectivity index (χ2n) is 5.67. The Kier molecular flexibility index (Phi) is 8.33. The number of carbonyl (C=O) groups excluding carboxylic acids is 2. The van der Waals surface area contributed by atoms with Crippen LogP contribution < -0.4 is 5.32 Å². The summed E-state index contributed by atoms with van der Waals surface area (Å²) in [4.78, 5) is 26.3. The maximum absolute atomic E-state index is 12.5. The van der Waals surface area contributed by atoms with Gasteiger partial charge >= 0.3 is 0 Å². The van der Waals surface area contributed by atoms with Crippen molar-refractivity contribution in [2.24, 2.45) is 7.05 Å². The van der Waals surface area contributed by atoms with E-state index in [0.29, 0.717) is 33.2 Å². The quantitative estimate of drug-likeness (QED) is 0.614. The summed E-state index contributed by atoms with van der Waals surface area (Å²) in [7, 11) is 1.74. The first-order chi connectivity index (χ1) is 12.9. The number of nitrogens with one attached hydrogen (secondary N) is 1. The van der Waals surface area contributed by atoms with Crippen LogP contribution in [0.15, 0.2) is 23.4 Å². The highest BCUT2D eigenvalue weighted by molar-refractivity contribution is 7.99. The van der Waals surface area contributed by atoms with E-state index in [-0.39, 0.29) is 24.8 Å². The smallest absolute Gasteiger partial charge is 0.244 e. The van der Waals surface area contributed by atoms with E-state index < -0.39 is 0 Å². The van der Waals surface area contributed by atoms with Crippen molar-refractivity contribution in [1.29, 1.82) is 0 Å². The monoisotopic (exact) mass is 430 g/mol. The lowest BCUT2D eigenvalue weighted by Gasteiger charge is -2.21. The maximum Gasteiger partial charge on any atom is 0.244 e. The van der Waals surface area contributed by atoms with Gasteiger partial charge in [-0.1, -0.05) is 41.9 Å². The molecule has 27 heavy (non-hydrogen) atoms. The molecule has 0 fully saturated rings. The Hall–Kier alpha value is -1.84. The number of carbonyl (C=O) groups is 2. The van der Waals surface area contributed by atoms with Crippen molar-refractivity contribution in [1.82, 2.24) is 25.1 Å². The van der Waals surface area contributed by atoms with Crippen molar-refractivity contribution >= 4 is 52.5 Å². The summed E-state index contributed by atoms with van der Waals surface area (Å²) in [6.07, 6.45) is 1.04. The predicted molar refractivity (Wildman–Crippen MR) is 106 cm³/mol. The highest BCUT2D eigenvalue weighted by Gasteiger charge is 2.17. The Morgan fingerprint density at radius 3 is 2.74 bits per heavy atom. The number of hydrogen-bond acceptors (Lipinski definition) is 6. The van der Waals surface area contributed by atoms with Gasteiger partial charge in [-0.15, -0.1) is 5.10 Å². The van der Waals surface area contributed by atoms with E-state index in [0.717, 1.165) is 6.42 Å². The van der Waals surface area contributed by atoms with Gasteiger partial charge in [0.05, 0.1) is 17.3 Å². The molecule has 146 valence electrons. The van der Waals surface area contributed by atoms with E-state index in [1.165, 1.54) is 16.7 Å². The molecule has 0 atom stereocenters. The van der Waals surface area contributed by atoms with Gasteiger partial charge in [0.25, 0.3) is 0 Å². The molecule has 0 radical (unpaired) electrons. The van der Waals surface area contributed by atoms with Crippen LogP contribution in [0.25, 0.3) is 0 Å². The number of thioether (sulfide) groups is 1. The lowest BCUT2D eigenvalue weighted by molar-refractivity contribution is -0.134. The van der Waals surface area contributed by atoms with Crippen LogP contribution in [0.3, 0.4) is 0 Å². The fraction of sp³-hybridized carbons (Fsp3) is 0.438. The van der Waals surface area contributed by atoms with Crippen LogP contribution in [0, 0.1) is 0 Å². The van der Waals surface area contributed by atoms with Crippen molar-refractivity contribution in [2.75, 3.05) is 24.2 Å². The number of hydrogen-bond donors (Lipinski definition) is 1. The number of anilines is 1. The van der Waals surface area contributed by atoms with Gasteiger partial charge in [-0.05, 0) is 35.0 Å². The van der Waals surface area contributed by atoms with Crippen molar-refractivity contribution < 1.29 is 9.59 Å². The first-order valence-corrected chi connectivity index (χ1v) is 10.0. The van der Waals surface area contributed by atoms with Gasteiger partial charge in [-0.25, -0.2) is 4.68 Å². The highest BCUT2D eigenvalue weighted by Crippen LogP contribution is 2.25. The lowest BCUT2D eigenvalue weighted by Crippen LogP contribution is -2.38. The molecule has 0 aliphatic rings. The van der Waals surface area contributed by atoms with Crippen LogP contribution in [-0.2, 0) is 16.6 Å². The van der Waals surface area contributed by atoms with E-state index in [9.17, 15) is 9.59 Å². The van der Waals surface area contributed by atoms with Gasteiger partial charge < -0.3 is 10.2 Å². The van der Waals surface area contributed by atoms with Crippen molar-refractivity contribution in [3.05, 3.63) is 28.2 Å². The summed E-state index contributed by atoms with van der Waals surface area (Å²) >= 11 is 13.3. The molecular formula is C16H20Cl2N6O2S. The second-order valence-corrected chi connectivity index (χ2v) is 7.58. The van der Waals surface area contributed by atoms with E-state index in [2.05, 4.69) is 20.8 Å². The summed E-state index contributed by atoms with van der Waals surface area (Å²) in [5, 5.41) is 15.3.